The Balaban J connectivity index is 2.08. The molecule has 1 heterocycles. The van der Waals surface area contributed by atoms with Gasteiger partial charge in [0.05, 0.1) is 13.2 Å². The van der Waals surface area contributed by atoms with E-state index in [1.54, 1.807) is 24.3 Å². The van der Waals surface area contributed by atoms with E-state index in [1.165, 1.54) is 219 Å². The fourth-order valence-corrected chi connectivity index (χ4v) is 11.5. The van der Waals surface area contributed by atoms with Crippen LogP contribution < -0.4 is 4.74 Å². The Kier molecular flexibility index (Phi) is 51.5. The number of methoxy groups -OCH3 is 1. The van der Waals surface area contributed by atoms with Crippen LogP contribution in [0.5, 0.6) is 5.75 Å². The number of hydrogen-bond acceptors (Lipinski definition) is 12. The van der Waals surface area contributed by atoms with Crippen molar-refractivity contribution in [3.63, 3.8) is 0 Å². The van der Waals surface area contributed by atoms with E-state index in [1.807, 2.05) is 0 Å². The topological polar surface area (TPSA) is 153 Å². The third-order valence-corrected chi connectivity index (χ3v) is 16.9. The summed E-state index contributed by atoms with van der Waals surface area (Å²) in [6.07, 6.45) is 49.4. The van der Waals surface area contributed by atoms with Crippen molar-refractivity contribution in [2.45, 2.75) is 379 Å². The first-order valence-corrected chi connectivity index (χ1v) is 35.5. The maximum atomic E-state index is 13.9. The number of aliphatic hydroxyl groups is 1. The second-order valence-corrected chi connectivity index (χ2v) is 24.7. The zero-order valence-electron chi connectivity index (χ0n) is 54.6. The number of rotatable bonds is 60. The fourth-order valence-electron chi connectivity index (χ4n) is 11.5. The Morgan fingerprint density at radius 2 is 0.679 bits per heavy atom. The van der Waals surface area contributed by atoms with Crippen LogP contribution in [-0.4, -0.2) is 80.0 Å². The lowest BCUT2D eigenvalue weighted by Crippen LogP contribution is -2.63. The van der Waals surface area contributed by atoms with E-state index in [2.05, 4.69) is 20.8 Å². The van der Waals surface area contributed by atoms with Gasteiger partial charge < -0.3 is 38.3 Å². The van der Waals surface area contributed by atoms with Crippen molar-refractivity contribution in [3.05, 3.63) is 29.8 Å². The van der Waals surface area contributed by atoms with Crippen LogP contribution in [0.25, 0.3) is 0 Å². The van der Waals surface area contributed by atoms with Crippen LogP contribution >= 0.6 is 0 Å². The quantitative estimate of drug-likeness (QED) is 0.0375. The molecule has 5 atom stereocenters. The highest BCUT2D eigenvalue weighted by Crippen LogP contribution is 2.31. The Hall–Kier alpha value is -3.22. The van der Waals surface area contributed by atoms with Crippen LogP contribution in [0.2, 0.25) is 0 Å². The van der Waals surface area contributed by atoms with Gasteiger partial charge in [-0.1, -0.05) is 303 Å². The Morgan fingerprint density at radius 1 is 0.381 bits per heavy atom. The molecular weight excluding hydrogens is 1060 g/mol. The summed E-state index contributed by atoms with van der Waals surface area (Å²) >= 11 is 0. The molecule has 0 aromatic heterocycles. The maximum Gasteiger partial charge on any atom is 0.306 e. The standard InChI is InChI=1S/C72H128O12/c1-5-8-11-14-17-20-23-26-29-32-35-38-41-44-47-51-66(75)82-69-64(61-80-65(74)54-50-59-79-63-57-55-62(60-73)56-58-63)81-72(78-4)71(84-68(77)53-49-46-43-40-37-34-31-28-25-22-19-16-13-10-7-3)70(69)83-67(76)52-48-45-42-39-36-33-30-27-24-21-18-15-12-9-6-2/h55-58,64,69-73H,5-54,59-61H2,1-4H3. The van der Waals surface area contributed by atoms with Crippen molar-refractivity contribution in [2.24, 2.45) is 0 Å². The third kappa shape index (κ3) is 42.6. The van der Waals surface area contributed by atoms with E-state index in [0.717, 1.165) is 63.4 Å². The van der Waals surface area contributed by atoms with Crippen LogP contribution in [0.3, 0.4) is 0 Å². The Bertz CT molecular complexity index is 1670. The second-order valence-electron chi connectivity index (χ2n) is 24.7. The molecule has 84 heavy (non-hydrogen) atoms. The number of aliphatic hydroxyl groups excluding tert-OH is 1. The van der Waals surface area contributed by atoms with Crippen molar-refractivity contribution in [2.75, 3.05) is 20.3 Å². The van der Waals surface area contributed by atoms with Gasteiger partial charge in [0, 0.05) is 32.8 Å². The molecule has 12 heteroatoms. The second kappa shape index (κ2) is 56.3. The van der Waals surface area contributed by atoms with E-state index in [9.17, 15) is 24.3 Å². The van der Waals surface area contributed by atoms with Gasteiger partial charge in [-0.25, -0.2) is 0 Å². The van der Waals surface area contributed by atoms with Crippen LogP contribution in [0.15, 0.2) is 24.3 Å². The molecule has 12 nitrogen and oxygen atoms in total. The molecule has 488 valence electrons. The van der Waals surface area contributed by atoms with Crippen molar-refractivity contribution >= 4 is 23.9 Å². The third-order valence-electron chi connectivity index (χ3n) is 16.9. The van der Waals surface area contributed by atoms with E-state index >= 15 is 0 Å². The Labute approximate surface area is 514 Å². The summed E-state index contributed by atoms with van der Waals surface area (Å²) in [5, 5.41) is 9.38. The molecule has 0 spiro atoms. The van der Waals surface area contributed by atoms with Gasteiger partial charge in [-0.2, -0.15) is 0 Å². The molecule has 0 saturated carbocycles. The largest absolute Gasteiger partial charge is 0.494 e. The molecule has 1 aliphatic rings. The average molecular weight is 1190 g/mol. The SMILES string of the molecule is CCCCCCCCCCCCCCCCCC(=O)OC1C(COC(=O)CCCOc2ccc(CO)cc2)OC(OC)C(OC(=O)CCCCCCCCCCCCCCCCC)C1OC(=O)CCCCCCCCCCCCCCCCC. The van der Waals surface area contributed by atoms with E-state index < -0.39 is 54.6 Å². The number of unbranched alkanes of at least 4 members (excludes halogenated alkanes) is 42. The predicted octanol–water partition coefficient (Wildman–Crippen LogP) is 19.8. The van der Waals surface area contributed by atoms with Gasteiger partial charge in [0.25, 0.3) is 0 Å². The summed E-state index contributed by atoms with van der Waals surface area (Å²) in [5.41, 5.74) is 0.776. The summed E-state index contributed by atoms with van der Waals surface area (Å²) < 4.78 is 42.5. The molecule has 1 N–H and O–H groups in total. The lowest BCUT2D eigenvalue weighted by atomic mass is 9.97. The number of hydrogen-bond donors (Lipinski definition) is 1. The Morgan fingerprint density at radius 3 is 1.00 bits per heavy atom. The number of carbonyl (C=O) groups excluding carboxylic acids is 4. The summed E-state index contributed by atoms with van der Waals surface area (Å²) in [4.78, 5) is 54.8. The van der Waals surface area contributed by atoms with Crippen LogP contribution in [0, 0.1) is 0 Å². The van der Waals surface area contributed by atoms with Gasteiger partial charge in [-0.3, -0.25) is 19.2 Å². The van der Waals surface area contributed by atoms with Gasteiger partial charge in [0.2, 0.25) is 0 Å². The minimum atomic E-state index is -1.27. The first-order valence-electron chi connectivity index (χ1n) is 35.5. The van der Waals surface area contributed by atoms with Gasteiger partial charge in [-0.15, -0.1) is 0 Å². The lowest BCUT2D eigenvalue weighted by Gasteiger charge is -2.44. The van der Waals surface area contributed by atoms with E-state index in [4.69, 9.17) is 33.2 Å². The normalized spacial score (nSPS) is 16.8. The van der Waals surface area contributed by atoms with Gasteiger partial charge >= 0.3 is 23.9 Å². The number of carbonyl (C=O) groups is 4. The lowest BCUT2D eigenvalue weighted by molar-refractivity contribution is -0.303. The zero-order chi connectivity index (χ0) is 60.6. The monoisotopic (exact) mass is 1180 g/mol. The molecule has 5 unspecified atom stereocenters. The van der Waals surface area contributed by atoms with Crippen molar-refractivity contribution < 1.29 is 57.4 Å². The maximum absolute atomic E-state index is 13.9. The van der Waals surface area contributed by atoms with Gasteiger partial charge in [0.15, 0.2) is 24.6 Å². The first-order chi connectivity index (χ1) is 41.3. The van der Waals surface area contributed by atoms with Crippen LogP contribution in [-0.2, 0) is 54.2 Å². The van der Waals surface area contributed by atoms with E-state index in [0.29, 0.717) is 31.4 Å². The summed E-state index contributed by atoms with van der Waals surface area (Å²) in [5.74, 6) is -1.32. The molecule has 1 fully saturated rings. The predicted molar refractivity (Wildman–Crippen MR) is 342 cm³/mol. The highest BCUT2D eigenvalue weighted by molar-refractivity contribution is 5.72. The molecule has 0 radical (unpaired) electrons. The number of ether oxygens (including phenoxy) is 7. The molecular formula is C72H128O12. The number of benzene rings is 1. The average Bonchev–Trinajstić information content (AvgIpc) is 3.70. The zero-order valence-corrected chi connectivity index (χ0v) is 54.6. The van der Waals surface area contributed by atoms with Crippen LogP contribution in [0.1, 0.15) is 347 Å². The molecule has 0 aliphatic carbocycles. The molecule has 1 saturated heterocycles. The minimum absolute atomic E-state index is 0.0516. The minimum Gasteiger partial charge on any atom is -0.494 e. The first kappa shape index (κ1) is 76.9. The number of esters is 4. The molecule has 1 aromatic carbocycles. The van der Waals surface area contributed by atoms with Gasteiger partial charge in [-0.05, 0) is 43.4 Å². The van der Waals surface area contributed by atoms with Crippen molar-refractivity contribution in [1.29, 1.82) is 0 Å². The summed E-state index contributed by atoms with van der Waals surface area (Å²) in [7, 11) is 1.43. The summed E-state index contributed by atoms with van der Waals surface area (Å²) in [6, 6.07) is 7.10. The molecule has 1 aromatic rings. The summed E-state index contributed by atoms with van der Waals surface area (Å²) in [6.45, 7) is 6.68. The molecule has 1 aliphatic heterocycles. The molecule has 2 rings (SSSR count). The highest BCUT2D eigenvalue weighted by Gasteiger charge is 2.53. The molecule has 0 amide bonds. The van der Waals surface area contributed by atoms with Crippen molar-refractivity contribution in [3.8, 4) is 5.75 Å². The fraction of sp³-hybridized carbons (Fsp3) is 0.861. The molecule has 0 bridgehead atoms. The highest BCUT2D eigenvalue weighted by atomic mass is 16.7. The van der Waals surface area contributed by atoms with E-state index in [-0.39, 0.29) is 45.5 Å². The van der Waals surface area contributed by atoms with Gasteiger partial charge in [0.1, 0.15) is 18.5 Å². The van der Waals surface area contributed by atoms with Crippen LogP contribution in [0.4, 0.5) is 0 Å². The smallest absolute Gasteiger partial charge is 0.306 e. The van der Waals surface area contributed by atoms with Crippen molar-refractivity contribution in [1.82, 2.24) is 0 Å².